The maximum atomic E-state index is 12.5. The summed E-state index contributed by atoms with van der Waals surface area (Å²) in [5.41, 5.74) is 2.52. The van der Waals surface area contributed by atoms with Gasteiger partial charge in [0.1, 0.15) is 5.75 Å². The number of alkyl halides is 3. The lowest BCUT2D eigenvalue weighted by Gasteiger charge is -2.13. The van der Waals surface area contributed by atoms with E-state index >= 15 is 0 Å². The number of ether oxygens (including phenoxy) is 1. The SMILES string of the molecule is O=C(CNC(=O)c1ccc(-c2ccccc2)cc1)NCc1ccccc1OC(F)(F)F. The zero-order chi connectivity index (χ0) is 22.3. The van der Waals surface area contributed by atoms with Crippen molar-refractivity contribution >= 4 is 11.8 Å². The fourth-order valence-electron chi connectivity index (χ4n) is 2.84. The van der Waals surface area contributed by atoms with Crippen molar-refractivity contribution in [2.45, 2.75) is 12.9 Å². The molecule has 2 amide bonds. The number of amides is 2. The van der Waals surface area contributed by atoms with Crippen LogP contribution in [0, 0.1) is 0 Å². The highest BCUT2D eigenvalue weighted by Gasteiger charge is 2.31. The van der Waals surface area contributed by atoms with E-state index in [9.17, 15) is 22.8 Å². The molecule has 0 saturated heterocycles. The van der Waals surface area contributed by atoms with Crippen LogP contribution in [0.5, 0.6) is 5.75 Å². The summed E-state index contributed by atoms with van der Waals surface area (Å²) in [5, 5.41) is 4.95. The summed E-state index contributed by atoms with van der Waals surface area (Å²) in [4.78, 5) is 24.2. The van der Waals surface area contributed by atoms with Crippen molar-refractivity contribution < 1.29 is 27.5 Å². The van der Waals surface area contributed by atoms with Crippen LogP contribution in [0.3, 0.4) is 0 Å². The largest absolute Gasteiger partial charge is 0.573 e. The number of carbonyl (C=O) groups is 2. The number of rotatable bonds is 7. The molecule has 3 rings (SSSR count). The molecule has 0 atom stereocenters. The van der Waals surface area contributed by atoms with Crippen molar-refractivity contribution in [1.29, 1.82) is 0 Å². The van der Waals surface area contributed by atoms with E-state index in [1.165, 1.54) is 18.2 Å². The van der Waals surface area contributed by atoms with E-state index < -0.39 is 23.9 Å². The molecule has 0 spiro atoms. The van der Waals surface area contributed by atoms with E-state index in [0.717, 1.165) is 17.2 Å². The minimum absolute atomic E-state index is 0.163. The first-order chi connectivity index (χ1) is 14.8. The number of hydrogen-bond donors (Lipinski definition) is 2. The lowest BCUT2D eigenvalue weighted by molar-refractivity contribution is -0.274. The Balaban J connectivity index is 1.50. The molecular weight excluding hydrogens is 409 g/mol. The minimum Gasteiger partial charge on any atom is -0.405 e. The topological polar surface area (TPSA) is 67.4 Å². The highest BCUT2D eigenvalue weighted by Crippen LogP contribution is 2.26. The summed E-state index contributed by atoms with van der Waals surface area (Å²) in [7, 11) is 0. The Morgan fingerprint density at radius 2 is 1.39 bits per heavy atom. The molecule has 0 unspecified atom stereocenters. The van der Waals surface area contributed by atoms with Crippen LogP contribution in [0.4, 0.5) is 13.2 Å². The summed E-state index contributed by atoms with van der Waals surface area (Å²) in [5.74, 6) is -1.37. The average Bonchev–Trinajstić information content (AvgIpc) is 2.76. The van der Waals surface area contributed by atoms with E-state index in [1.54, 1.807) is 12.1 Å². The summed E-state index contributed by atoms with van der Waals surface area (Å²) in [6.45, 7) is -0.492. The second kappa shape index (κ2) is 9.80. The van der Waals surface area contributed by atoms with Crippen molar-refractivity contribution in [3.05, 3.63) is 90.0 Å². The Bertz CT molecular complexity index is 1040. The van der Waals surface area contributed by atoms with Gasteiger partial charge in [-0.3, -0.25) is 9.59 Å². The van der Waals surface area contributed by atoms with Crippen LogP contribution in [0.1, 0.15) is 15.9 Å². The normalized spacial score (nSPS) is 10.9. The van der Waals surface area contributed by atoms with E-state index in [1.807, 2.05) is 42.5 Å². The van der Waals surface area contributed by atoms with Gasteiger partial charge in [0, 0.05) is 17.7 Å². The number of carbonyl (C=O) groups excluding carboxylic acids is 2. The second-order valence-electron chi connectivity index (χ2n) is 6.56. The first kappa shape index (κ1) is 21.9. The minimum atomic E-state index is -4.83. The first-order valence-electron chi connectivity index (χ1n) is 9.36. The molecule has 0 bridgehead atoms. The quantitative estimate of drug-likeness (QED) is 0.590. The van der Waals surface area contributed by atoms with Crippen molar-refractivity contribution in [3.63, 3.8) is 0 Å². The summed E-state index contributed by atoms with van der Waals surface area (Å²) >= 11 is 0. The van der Waals surface area contributed by atoms with Gasteiger partial charge in [0.05, 0.1) is 6.54 Å². The van der Waals surface area contributed by atoms with Gasteiger partial charge in [-0.05, 0) is 29.3 Å². The second-order valence-corrected chi connectivity index (χ2v) is 6.56. The Morgan fingerprint density at radius 1 is 0.774 bits per heavy atom. The molecule has 3 aromatic carbocycles. The molecule has 0 aromatic heterocycles. The highest BCUT2D eigenvalue weighted by atomic mass is 19.4. The molecule has 0 heterocycles. The summed E-state index contributed by atoms with van der Waals surface area (Å²) in [6.07, 6.45) is -4.83. The zero-order valence-electron chi connectivity index (χ0n) is 16.3. The van der Waals surface area contributed by atoms with Crippen LogP contribution in [0.25, 0.3) is 11.1 Å². The van der Waals surface area contributed by atoms with Gasteiger partial charge < -0.3 is 15.4 Å². The van der Waals surface area contributed by atoms with Gasteiger partial charge in [-0.15, -0.1) is 13.2 Å². The van der Waals surface area contributed by atoms with Crippen molar-refractivity contribution in [3.8, 4) is 16.9 Å². The van der Waals surface area contributed by atoms with Gasteiger partial charge in [-0.1, -0.05) is 60.7 Å². The van der Waals surface area contributed by atoms with E-state index in [4.69, 9.17) is 0 Å². The molecule has 0 aliphatic rings. The molecule has 31 heavy (non-hydrogen) atoms. The van der Waals surface area contributed by atoms with Gasteiger partial charge in [-0.25, -0.2) is 0 Å². The van der Waals surface area contributed by atoms with E-state index in [-0.39, 0.29) is 18.7 Å². The molecule has 3 aromatic rings. The Hall–Kier alpha value is -3.81. The van der Waals surface area contributed by atoms with Crippen LogP contribution in [-0.4, -0.2) is 24.7 Å². The molecule has 2 N–H and O–H groups in total. The smallest absolute Gasteiger partial charge is 0.405 e. The van der Waals surface area contributed by atoms with Crippen LogP contribution >= 0.6 is 0 Å². The van der Waals surface area contributed by atoms with Gasteiger partial charge in [-0.2, -0.15) is 0 Å². The van der Waals surface area contributed by atoms with Gasteiger partial charge in [0.2, 0.25) is 5.91 Å². The predicted molar refractivity (Wildman–Crippen MR) is 109 cm³/mol. The molecule has 0 radical (unpaired) electrons. The van der Waals surface area contributed by atoms with Crippen molar-refractivity contribution in [2.75, 3.05) is 6.54 Å². The van der Waals surface area contributed by atoms with Crippen LogP contribution < -0.4 is 15.4 Å². The third-order valence-electron chi connectivity index (χ3n) is 4.34. The highest BCUT2D eigenvalue weighted by molar-refractivity contribution is 5.96. The number of benzene rings is 3. The Morgan fingerprint density at radius 3 is 2.06 bits per heavy atom. The number of nitrogens with one attached hydrogen (secondary N) is 2. The molecule has 0 aliphatic carbocycles. The number of hydrogen-bond acceptors (Lipinski definition) is 3. The van der Waals surface area contributed by atoms with Gasteiger partial charge in [0.15, 0.2) is 0 Å². The number of para-hydroxylation sites is 1. The Labute approximate surface area is 176 Å². The fourth-order valence-corrected chi connectivity index (χ4v) is 2.84. The first-order valence-corrected chi connectivity index (χ1v) is 9.36. The fraction of sp³-hybridized carbons (Fsp3) is 0.130. The third kappa shape index (κ3) is 6.60. The zero-order valence-corrected chi connectivity index (χ0v) is 16.3. The van der Waals surface area contributed by atoms with Crippen molar-refractivity contribution in [2.24, 2.45) is 0 Å². The van der Waals surface area contributed by atoms with Crippen LogP contribution in [0.2, 0.25) is 0 Å². The Kier molecular flexibility index (Phi) is 6.92. The molecule has 0 saturated carbocycles. The lowest BCUT2D eigenvalue weighted by atomic mass is 10.0. The molecular formula is C23H19F3N2O3. The molecule has 5 nitrogen and oxygen atoms in total. The van der Waals surface area contributed by atoms with Gasteiger partial charge in [0.25, 0.3) is 5.91 Å². The van der Waals surface area contributed by atoms with E-state index in [2.05, 4.69) is 15.4 Å². The summed E-state index contributed by atoms with van der Waals surface area (Å²) in [6, 6.07) is 22.1. The van der Waals surface area contributed by atoms with E-state index in [0.29, 0.717) is 5.56 Å². The molecule has 8 heteroatoms. The average molecular weight is 428 g/mol. The molecule has 0 fully saturated rings. The maximum absolute atomic E-state index is 12.5. The van der Waals surface area contributed by atoms with Crippen LogP contribution in [-0.2, 0) is 11.3 Å². The number of halogens is 3. The summed E-state index contributed by atoms with van der Waals surface area (Å²) < 4.78 is 41.3. The predicted octanol–water partition coefficient (Wildman–Crippen LogP) is 4.30. The standard InChI is InChI=1S/C23H19F3N2O3/c24-23(25,26)31-20-9-5-4-8-19(20)14-27-21(29)15-28-22(30)18-12-10-17(11-13-18)16-6-2-1-3-7-16/h1-13H,14-15H2,(H,27,29)(H,28,30). The third-order valence-corrected chi connectivity index (χ3v) is 4.34. The van der Waals surface area contributed by atoms with Crippen LogP contribution in [0.15, 0.2) is 78.9 Å². The maximum Gasteiger partial charge on any atom is 0.573 e. The van der Waals surface area contributed by atoms with Gasteiger partial charge >= 0.3 is 6.36 Å². The monoisotopic (exact) mass is 428 g/mol. The van der Waals surface area contributed by atoms with Crippen molar-refractivity contribution in [1.82, 2.24) is 10.6 Å². The lowest BCUT2D eigenvalue weighted by Crippen LogP contribution is -2.36. The molecule has 0 aliphatic heterocycles. The molecule has 160 valence electrons.